The van der Waals surface area contributed by atoms with Crippen LogP contribution in [0.25, 0.3) is 0 Å². The van der Waals surface area contributed by atoms with E-state index in [2.05, 4.69) is 0 Å². The fraction of sp³-hybridized carbons (Fsp3) is 0.174. The molecule has 3 aromatic rings. The number of nitrogens with zero attached hydrogens (tertiary/aromatic N) is 1. The van der Waals surface area contributed by atoms with Gasteiger partial charge in [0.05, 0.1) is 30.4 Å². The van der Waals surface area contributed by atoms with E-state index in [1.165, 1.54) is 38.4 Å². The van der Waals surface area contributed by atoms with Crippen LogP contribution in [-0.4, -0.2) is 35.7 Å². The van der Waals surface area contributed by atoms with Gasteiger partial charge in [-0.15, -0.1) is 0 Å². The van der Waals surface area contributed by atoms with Crippen molar-refractivity contribution < 1.29 is 27.4 Å². The summed E-state index contributed by atoms with van der Waals surface area (Å²) in [4.78, 5) is 12.5. The lowest BCUT2D eigenvalue weighted by molar-refractivity contribution is 0.0472. The van der Waals surface area contributed by atoms with E-state index in [4.69, 9.17) is 14.2 Å². The van der Waals surface area contributed by atoms with Gasteiger partial charge in [-0.05, 0) is 60.2 Å². The van der Waals surface area contributed by atoms with Crippen molar-refractivity contribution in [3.8, 4) is 11.5 Å². The van der Waals surface area contributed by atoms with Gasteiger partial charge in [-0.3, -0.25) is 4.31 Å². The van der Waals surface area contributed by atoms with E-state index in [1.54, 1.807) is 55.6 Å². The Morgan fingerprint density at radius 2 is 1.45 bits per heavy atom. The highest BCUT2D eigenvalue weighted by atomic mass is 32.2. The zero-order chi connectivity index (χ0) is 22.4. The molecule has 0 aliphatic rings. The first-order valence-corrected chi connectivity index (χ1v) is 10.8. The monoisotopic (exact) mass is 441 g/mol. The number of anilines is 1. The summed E-state index contributed by atoms with van der Waals surface area (Å²) in [6, 6.07) is 19.5. The second kappa shape index (κ2) is 9.53. The molecule has 8 heteroatoms. The summed E-state index contributed by atoms with van der Waals surface area (Å²) >= 11 is 0. The Balaban J connectivity index is 1.74. The zero-order valence-corrected chi connectivity index (χ0v) is 18.3. The standard InChI is InChI=1S/C23H23NO6S/c1-24(19-9-13-21(29-3)14-10-19)31(26,27)22-6-4-5-18(15-22)23(25)30-16-17-7-11-20(28-2)12-8-17/h4-15H,16H2,1-3H3. The normalized spacial score (nSPS) is 10.9. The third kappa shape index (κ3) is 5.16. The fourth-order valence-electron chi connectivity index (χ4n) is 2.83. The maximum atomic E-state index is 13.0. The number of esters is 1. The zero-order valence-electron chi connectivity index (χ0n) is 17.4. The molecule has 0 N–H and O–H groups in total. The maximum absolute atomic E-state index is 13.0. The summed E-state index contributed by atoms with van der Waals surface area (Å²) in [6.45, 7) is 0.0611. The Kier molecular flexibility index (Phi) is 6.81. The van der Waals surface area contributed by atoms with Gasteiger partial charge in [0.15, 0.2) is 0 Å². The van der Waals surface area contributed by atoms with Crippen molar-refractivity contribution in [2.45, 2.75) is 11.5 Å². The van der Waals surface area contributed by atoms with Crippen molar-refractivity contribution in [1.29, 1.82) is 0 Å². The van der Waals surface area contributed by atoms with Crippen LogP contribution < -0.4 is 13.8 Å². The van der Waals surface area contributed by atoms with Crippen LogP contribution in [0, 0.1) is 0 Å². The molecule has 0 amide bonds. The molecule has 0 saturated heterocycles. The molecule has 0 spiro atoms. The lowest BCUT2D eigenvalue weighted by Crippen LogP contribution is -2.26. The molecule has 0 fully saturated rings. The third-order valence-corrected chi connectivity index (χ3v) is 6.47. The average molecular weight is 442 g/mol. The van der Waals surface area contributed by atoms with E-state index in [9.17, 15) is 13.2 Å². The maximum Gasteiger partial charge on any atom is 0.338 e. The molecule has 0 radical (unpaired) electrons. The second-order valence-corrected chi connectivity index (χ2v) is 8.59. The van der Waals surface area contributed by atoms with Crippen molar-refractivity contribution in [2.24, 2.45) is 0 Å². The molecule has 3 aromatic carbocycles. The van der Waals surface area contributed by atoms with E-state index in [-0.39, 0.29) is 17.1 Å². The largest absolute Gasteiger partial charge is 0.497 e. The summed E-state index contributed by atoms with van der Waals surface area (Å²) in [5, 5.41) is 0. The SMILES string of the molecule is COc1ccc(COC(=O)c2cccc(S(=O)(=O)N(C)c3ccc(OC)cc3)c2)cc1. The molecular formula is C23H23NO6S. The molecule has 31 heavy (non-hydrogen) atoms. The van der Waals surface area contributed by atoms with Crippen molar-refractivity contribution in [3.63, 3.8) is 0 Å². The lowest BCUT2D eigenvalue weighted by atomic mass is 10.2. The predicted molar refractivity (Wildman–Crippen MR) is 117 cm³/mol. The number of sulfonamides is 1. The molecular weight excluding hydrogens is 418 g/mol. The first-order chi connectivity index (χ1) is 14.8. The summed E-state index contributed by atoms with van der Waals surface area (Å²) < 4.78 is 42.7. The van der Waals surface area contributed by atoms with Gasteiger partial charge in [-0.2, -0.15) is 0 Å². The third-order valence-electron chi connectivity index (χ3n) is 4.69. The minimum Gasteiger partial charge on any atom is -0.497 e. The second-order valence-electron chi connectivity index (χ2n) is 6.62. The van der Waals surface area contributed by atoms with Crippen LogP contribution in [0.15, 0.2) is 77.7 Å². The smallest absolute Gasteiger partial charge is 0.338 e. The van der Waals surface area contributed by atoms with Crippen LogP contribution in [-0.2, 0) is 21.4 Å². The van der Waals surface area contributed by atoms with Crippen molar-refractivity contribution >= 4 is 21.7 Å². The van der Waals surface area contributed by atoms with Gasteiger partial charge in [0.2, 0.25) is 0 Å². The molecule has 0 bridgehead atoms. The van der Waals surface area contributed by atoms with Crippen LogP contribution in [0.5, 0.6) is 11.5 Å². The Labute approximate surface area is 181 Å². The topological polar surface area (TPSA) is 82.1 Å². The molecule has 0 aliphatic heterocycles. The van der Waals surface area contributed by atoms with Crippen molar-refractivity contribution in [1.82, 2.24) is 0 Å². The molecule has 0 saturated carbocycles. The van der Waals surface area contributed by atoms with Crippen LogP contribution in [0.4, 0.5) is 5.69 Å². The molecule has 0 unspecified atom stereocenters. The summed E-state index contributed by atoms with van der Waals surface area (Å²) in [7, 11) is 0.687. The number of hydrogen-bond donors (Lipinski definition) is 0. The summed E-state index contributed by atoms with van der Waals surface area (Å²) in [5.74, 6) is 0.713. The van der Waals surface area contributed by atoms with Crippen LogP contribution in [0.3, 0.4) is 0 Å². The van der Waals surface area contributed by atoms with Gasteiger partial charge in [0, 0.05) is 7.05 Å². The minimum atomic E-state index is -3.87. The van der Waals surface area contributed by atoms with Gasteiger partial charge in [0.25, 0.3) is 10.0 Å². The molecule has 7 nitrogen and oxygen atoms in total. The molecule has 3 rings (SSSR count). The van der Waals surface area contributed by atoms with E-state index < -0.39 is 16.0 Å². The minimum absolute atomic E-state index is 0.00952. The molecule has 0 aliphatic carbocycles. The molecule has 0 aromatic heterocycles. The Hall–Kier alpha value is -3.52. The first-order valence-electron chi connectivity index (χ1n) is 9.38. The molecule has 0 heterocycles. The number of methoxy groups -OCH3 is 2. The van der Waals surface area contributed by atoms with Gasteiger partial charge >= 0.3 is 5.97 Å². The Bertz CT molecular complexity index is 1140. The van der Waals surface area contributed by atoms with Crippen LogP contribution >= 0.6 is 0 Å². The highest BCUT2D eigenvalue weighted by molar-refractivity contribution is 7.92. The average Bonchev–Trinajstić information content (AvgIpc) is 2.82. The van der Waals surface area contributed by atoms with E-state index >= 15 is 0 Å². The quantitative estimate of drug-likeness (QED) is 0.494. The van der Waals surface area contributed by atoms with Gasteiger partial charge in [-0.25, -0.2) is 13.2 Å². The highest BCUT2D eigenvalue weighted by Crippen LogP contribution is 2.25. The van der Waals surface area contributed by atoms with Crippen molar-refractivity contribution in [3.05, 3.63) is 83.9 Å². The Morgan fingerprint density at radius 1 is 0.871 bits per heavy atom. The number of carbonyl (C=O) groups is 1. The van der Waals surface area contributed by atoms with Gasteiger partial charge in [-0.1, -0.05) is 18.2 Å². The lowest BCUT2D eigenvalue weighted by Gasteiger charge is -2.20. The first kappa shape index (κ1) is 22.2. The van der Waals surface area contributed by atoms with Crippen molar-refractivity contribution in [2.75, 3.05) is 25.6 Å². The van der Waals surface area contributed by atoms with Crippen LogP contribution in [0.1, 0.15) is 15.9 Å². The van der Waals surface area contributed by atoms with E-state index in [0.717, 1.165) is 9.87 Å². The molecule has 162 valence electrons. The van der Waals surface area contributed by atoms with E-state index in [0.29, 0.717) is 17.2 Å². The predicted octanol–water partition coefficient (Wildman–Crippen LogP) is 3.89. The Morgan fingerprint density at radius 3 is 2.03 bits per heavy atom. The van der Waals surface area contributed by atoms with Gasteiger partial charge in [0.1, 0.15) is 18.1 Å². The number of carbonyl (C=O) groups excluding carboxylic acids is 1. The van der Waals surface area contributed by atoms with E-state index in [1.807, 2.05) is 0 Å². The van der Waals surface area contributed by atoms with Gasteiger partial charge < -0.3 is 14.2 Å². The summed E-state index contributed by atoms with van der Waals surface area (Å²) in [6.07, 6.45) is 0. The summed E-state index contributed by atoms with van der Waals surface area (Å²) in [5.41, 5.74) is 1.41. The molecule has 0 atom stereocenters. The number of ether oxygens (including phenoxy) is 3. The number of benzene rings is 3. The fourth-order valence-corrected chi connectivity index (χ4v) is 4.07. The number of hydrogen-bond acceptors (Lipinski definition) is 6. The highest BCUT2D eigenvalue weighted by Gasteiger charge is 2.23. The van der Waals surface area contributed by atoms with Crippen LogP contribution in [0.2, 0.25) is 0 Å². The number of rotatable bonds is 8.